The molecule has 0 atom stereocenters. The quantitative estimate of drug-likeness (QED) is 0.425. The summed E-state index contributed by atoms with van der Waals surface area (Å²) < 4.78 is 0. The molecular weight excluding hydrogens is 240 g/mol. The van der Waals surface area contributed by atoms with Crippen LogP contribution in [0.3, 0.4) is 0 Å². The van der Waals surface area contributed by atoms with Gasteiger partial charge in [0.15, 0.2) is 0 Å². The highest BCUT2D eigenvalue weighted by Crippen LogP contribution is 2.18. The zero-order chi connectivity index (χ0) is 13.7. The summed E-state index contributed by atoms with van der Waals surface area (Å²) in [6.07, 6.45) is 2.89. The van der Waals surface area contributed by atoms with Gasteiger partial charge in [-0.3, -0.25) is 10.4 Å². The molecule has 1 saturated carbocycles. The Kier molecular flexibility index (Phi) is 5.17. The lowest BCUT2D eigenvalue weighted by Crippen LogP contribution is -2.48. The zero-order valence-corrected chi connectivity index (χ0v) is 10.6. The van der Waals surface area contributed by atoms with Crippen molar-refractivity contribution in [3.8, 4) is 0 Å². The van der Waals surface area contributed by atoms with Crippen molar-refractivity contribution < 1.29 is 20.0 Å². The van der Waals surface area contributed by atoms with Crippen LogP contribution in [0.25, 0.3) is 0 Å². The second kappa shape index (κ2) is 6.41. The van der Waals surface area contributed by atoms with Crippen molar-refractivity contribution in [1.82, 2.24) is 20.8 Å². The van der Waals surface area contributed by atoms with E-state index in [9.17, 15) is 9.59 Å². The normalized spacial score (nSPS) is 23.1. The fourth-order valence-electron chi connectivity index (χ4n) is 1.92. The second-order valence-corrected chi connectivity index (χ2v) is 4.49. The van der Waals surface area contributed by atoms with Gasteiger partial charge in [0.25, 0.3) is 0 Å². The molecule has 0 heterocycles. The van der Waals surface area contributed by atoms with E-state index in [-0.39, 0.29) is 12.1 Å². The topological polar surface area (TPSA) is 105 Å². The molecular formula is C10H20N4O4. The van der Waals surface area contributed by atoms with Gasteiger partial charge in [-0.1, -0.05) is 0 Å². The number of nitrogens with zero attached hydrogens (tertiary/aromatic N) is 2. The lowest BCUT2D eigenvalue weighted by molar-refractivity contribution is -0.0214. The van der Waals surface area contributed by atoms with Crippen LogP contribution in [0.1, 0.15) is 25.7 Å². The predicted octanol–water partition coefficient (Wildman–Crippen LogP) is 0.359. The van der Waals surface area contributed by atoms with Gasteiger partial charge in [0.2, 0.25) is 0 Å². The highest BCUT2D eigenvalue weighted by molar-refractivity contribution is 5.73. The Morgan fingerprint density at radius 2 is 1.17 bits per heavy atom. The molecule has 1 aliphatic carbocycles. The average molecular weight is 260 g/mol. The smallest absolute Gasteiger partial charge is 0.333 e. The number of hydroxylamine groups is 4. The van der Waals surface area contributed by atoms with E-state index in [0.29, 0.717) is 10.1 Å². The molecule has 0 bridgehead atoms. The predicted molar refractivity (Wildman–Crippen MR) is 62.2 cm³/mol. The summed E-state index contributed by atoms with van der Waals surface area (Å²) in [6.45, 7) is 0. The van der Waals surface area contributed by atoms with Gasteiger partial charge in [-0.15, -0.1) is 0 Å². The number of hydrogen-bond donors (Lipinski definition) is 4. The van der Waals surface area contributed by atoms with Crippen molar-refractivity contribution in [2.75, 3.05) is 14.1 Å². The molecule has 8 nitrogen and oxygen atoms in total. The van der Waals surface area contributed by atoms with Crippen LogP contribution in [-0.2, 0) is 0 Å². The molecule has 1 fully saturated rings. The molecule has 0 aromatic carbocycles. The van der Waals surface area contributed by atoms with E-state index in [4.69, 9.17) is 10.4 Å². The maximum atomic E-state index is 11.2. The summed E-state index contributed by atoms with van der Waals surface area (Å²) in [6, 6.07) is -1.05. The van der Waals surface area contributed by atoms with Gasteiger partial charge in [0.1, 0.15) is 0 Å². The molecule has 0 spiro atoms. The van der Waals surface area contributed by atoms with Crippen LogP contribution < -0.4 is 10.6 Å². The fraction of sp³-hybridized carbons (Fsp3) is 0.800. The highest BCUT2D eigenvalue weighted by Gasteiger charge is 2.24. The fourth-order valence-corrected chi connectivity index (χ4v) is 1.92. The van der Waals surface area contributed by atoms with E-state index in [2.05, 4.69) is 10.6 Å². The van der Waals surface area contributed by atoms with Crippen molar-refractivity contribution in [3.63, 3.8) is 0 Å². The molecule has 0 radical (unpaired) electrons. The molecule has 0 aromatic heterocycles. The number of carbonyl (C=O) groups excluding carboxylic acids is 2. The summed E-state index contributed by atoms with van der Waals surface area (Å²) in [5.41, 5.74) is 0. The first-order chi connectivity index (χ1) is 8.40. The molecule has 4 amide bonds. The minimum atomic E-state index is -0.530. The highest BCUT2D eigenvalue weighted by atomic mass is 16.5. The largest absolute Gasteiger partial charge is 0.341 e. The number of amides is 4. The molecule has 104 valence electrons. The van der Waals surface area contributed by atoms with Gasteiger partial charge >= 0.3 is 12.1 Å². The maximum absolute atomic E-state index is 11.2. The number of hydrogen-bond acceptors (Lipinski definition) is 4. The van der Waals surface area contributed by atoms with Gasteiger partial charge in [-0.25, -0.2) is 19.7 Å². The van der Waals surface area contributed by atoms with Crippen LogP contribution in [0.2, 0.25) is 0 Å². The standard InChI is InChI=1S/C10H20N4O4/c1-13(17)9(15)11-7-3-5-8(6-4-7)12-10(16)14(2)18/h7-8,17-18H,3-6H2,1-2H3,(H,11,15)(H,12,16). The molecule has 0 aromatic rings. The van der Waals surface area contributed by atoms with Gasteiger partial charge in [0.05, 0.1) is 0 Å². The van der Waals surface area contributed by atoms with Crippen molar-refractivity contribution in [3.05, 3.63) is 0 Å². The third kappa shape index (κ3) is 4.38. The minimum absolute atomic E-state index is 0.00658. The molecule has 8 heteroatoms. The Balaban J connectivity index is 2.28. The molecule has 0 unspecified atom stereocenters. The Labute approximate surface area is 105 Å². The average Bonchev–Trinajstić information content (AvgIpc) is 2.31. The molecule has 18 heavy (non-hydrogen) atoms. The molecule has 1 aliphatic rings. The summed E-state index contributed by atoms with van der Waals surface area (Å²) in [7, 11) is 2.52. The molecule has 4 N–H and O–H groups in total. The maximum Gasteiger partial charge on any atom is 0.341 e. The van der Waals surface area contributed by atoms with E-state index >= 15 is 0 Å². The van der Waals surface area contributed by atoms with Gasteiger partial charge in [-0.2, -0.15) is 0 Å². The van der Waals surface area contributed by atoms with Crippen LogP contribution in [0.4, 0.5) is 9.59 Å². The van der Waals surface area contributed by atoms with Crippen LogP contribution in [0.15, 0.2) is 0 Å². The Morgan fingerprint density at radius 1 is 0.889 bits per heavy atom. The first kappa shape index (κ1) is 14.5. The van der Waals surface area contributed by atoms with E-state index in [1.165, 1.54) is 14.1 Å². The molecule has 1 rings (SSSR count). The number of carbonyl (C=O) groups is 2. The second-order valence-electron chi connectivity index (χ2n) is 4.49. The molecule has 0 aliphatic heterocycles. The van der Waals surface area contributed by atoms with Gasteiger partial charge in [-0.05, 0) is 25.7 Å². The monoisotopic (exact) mass is 260 g/mol. The molecule has 0 saturated heterocycles. The number of nitrogens with one attached hydrogen (secondary N) is 2. The van der Waals surface area contributed by atoms with Crippen molar-refractivity contribution in [1.29, 1.82) is 0 Å². The van der Waals surface area contributed by atoms with E-state index in [1.54, 1.807) is 0 Å². The Bertz CT molecular complexity index is 270. The van der Waals surface area contributed by atoms with Crippen LogP contribution in [-0.4, -0.2) is 58.8 Å². The van der Waals surface area contributed by atoms with Crippen molar-refractivity contribution in [2.45, 2.75) is 37.8 Å². The van der Waals surface area contributed by atoms with Gasteiger partial charge < -0.3 is 10.6 Å². The third-order valence-electron chi connectivity index (χ3n) is 2.97. The van der Waals surface area contributed by atoms with Crippen LogP contribution in [0, 0.1) is 0 Å². The van der Waals surface area contributed by atoms with Crippen LogP contribution in [0.5, 0.6) is 0 Å². The summed E-state index contributed by atoms with van der Waals surface area (Å²) in [5, 5.41) is 24.2. The minimum Gasteiger partial charge on any atom is -0.333 e. The lowest BCUT2D eigenvalue weighted by atomic mass is 9.91. The Morgan fingerprint density at radius 3 is 1.39 bits per heavy atom. The van der Waals surface area contributed by atoms with Crippen LogP contribution >= 0.6 is 0 Å². The first-order valence-corrected chi connectivity index (χ1v) is 5.86. The first-order valence-electron chi connectivity index (χ1n) is 5.86. The SMILES string of the molecule is CN(O)C(=O)NC1CCC(NC(=O)N(C)O)CC1. The number of rotatable bonds is 2. The lowest BCUT2D eigenvalue weighted by Gasteiger charge is -2.30. The zero-order valence-electron chi connectivity index (χ0n) is 10.6. The van der Waals surface area contributed by atoms with E-state index in [0.717, 1.165) is 25.7 Å². The number of urea groups is 2. The van der Waals surface area contributed by atoms with Crippen molar-refractivity contribution in [2.24, 2.45) is 0 Å². The summed E-state index contributed by atoms with van der Waals surface area (Å²) in [5.74, 6) is 0. The van der Waals surface area contributed by atoms with E-state index < -0.39 is 12.1 Å². The van der Waals surface area contributed by atoms with Crippen molar-refractivity contribution >= 4 is 12.1 Å². The Hall–Kier alpha value is -1.54. The third-order valence-corrected chi connectivity index (χ3v) is 2.97. The summed E-state index contributed by atoms with van der Waals surface area (Å²) in [4.78, 5) is 22.4. The van der Waals surface area contributed by atoms with E-state index in [1.807, 2.05) is 0 Å². The van der Waals surface area contributed by atoms with Gasteiger partial charge in [0, 0.05) is 26.2 Å². The summed E-state index contributed by atoms with van der Waals surface area (Å²) >= 11 is 0.